The van der Waals surface area contributed by atoms with Crippen molar-refractivity contribution in [3.8, 4) is 0 Å². The summed E-state index contributed by atoms with van der Waals surface area (Å²) < 4.78 is 4.87. The average Bonchev–Trinajstić information content (AvgIpc) is 2.98. The molecule has 1 amide bonds. The largest absolute Gasteiger partial charge is 0.467 e. The molecule has 23 heavy (non-hydrogen) atoms. The number of hydrogen-bond acceptors (Lipinski definition) is 4. The molecule has 4 nitrogen and oxygen atoms in total. The van der Waals surface area contributed by atoms with Crippen LogP contribution in [0.15, 0.2) is 36.4 Å². The second-order valence-electron chi connectivity index (χ2n) is 6.58. The molecule has 1 aromatic rings. The molecule has 1 aromatic carbocycles. The summed E-state index contributed by atoms with van der Waals surface area (Å²) in [6, 6.07) is 9.11. The Kier molecular flexibility index (Phi) is 5.52. The first-order valence-electron chi connectivity index (χ1n) is 7.59. The first-order valence-corrected chi connectivity index (χ1v) is 8.64. The van der Waals surface area contributed by atoms with E-state index >= 15 is 0 Å². The summed E-state index contributed by atoms with van der Waals surface area (Å²) in [5.41, 5.74) is 0.832. The predicted octanol–water partition coefficient (Wildman–Crippen LogP) is 3.19. The Hall–Kier alpha value is -1.75. The quantitative estimate of drug-likeness (QED) is 0.629. The van der Waals surface area contributed by atoms with E-state index in [1.165, 1.54) is 13.2 Å². The second-order valence-corrected chi connectivity index (χ2v) is 7.69. The molecule has 1 saturated heterocycles. The van der Waals surface area contributed by atoms with Gasteiger partial charge in [-0.25, -0.2) is 4.79 Å². The zero-order valence-electron chi connectivity index (χ0n) is 14.0. The van der Waals surface area contributed by atoms with Gasteiger partial charge >= 0.3 is 5.97 Å². The number of amides is 1. The van der Waals surface area contributed by atoms with E-state index in [4.69, 9.17) is 4.74 Å². The third kappa shape index (κ3) is 4.16. The van der Waals surface area contributed by atoms with Gasteiger partial charge in [0, 0.05) is 11.8 Å². The SMILES string of the molecule is COC(=O)C1CSC(C(C)(C)C)N1C(=O)/C=C/c1ccccc1. The third-order valence-electron chi connectivity index (χ3n) is 3.69. The molecule has 0 aliphatic carbocycles. The monoisotopic (exact) mass is 333 g/mol. The zero-order valence-corrected chi connectivity index (χ0v) is 14.8. The van der Waals surface area contributed by atoms with Crippen molar-refractivity contribution in [1.29, 1.82) is 0 Å². The number of thioether (sulfide) groups is 1. The van der Waals surface area contributed by atoms with E-state index in [2.05, 4.69) is 20.8 Å². The molecule has 0 aromatic heterocycles. The molecule has 0 spiro atoms. The van der Waals surface area contributed by atoms with Crippen molar-refractivity contribution < 1.29 is 14.3 Å². The van der Waals surface area contributed by atoms with Crippen molar-refractivity contribution in [2.45, 2.75) is 32.2 Å². The topological polar surface area (TPSA) is 46.6 Å². The Morgan fingerprint density at radius 2 is 1.91 bits per heavy atom. The third-order valence-corrected chi connectivity index (χ3v) is 5.45. The molecule has 5 heteroatoms. The van der Waals surface area contributed by atoms with Crippen LogP contribution in [0.4, 0.5) is 0 Å². The van der Waals surface area contributed by atoms with Crippen molar-refractivity contribution in [3.05, 3.63) is 42.0 Å². The van der Waals surface area contributed by atoms with E-state index < -0.39 is 6.04 Å². The van der Waals surface area contributed by atoms with Crippen LogP contribution in [-0.4, -0.2) is 41.1 Å². The van der Waals surface area contributed by atoms with Crippen LogP contribution in [0.3, 0.4) is 0 Å². The molecule has 2 rings (SSSR count). The standard InChI is InChI=1S/C18H23NO3S/c1-18(2,3)17-19(14(12-23-17)16(21)22-4)15(20)11-10-13-8-6-5-7-9-13/h5-11,14,17H,12H2,1-4H3/b11-10+. The van der Waals surface area contributed by atoms with Gasteiger partial charge < -0.3 is 9.64 Å². The van der Waals surface area contributed by atoms with Crippen molar-refractivity contribution in [3.63, 3.8) is 0 Å². The van der Waals surface area contributed by atoms with Gasteiger partial charge in [-0.2, -0.15) is 0 Å². The Bertz CT molecular complexity index is 592. The molecular weight excluding hydrogens is 310 g/mol. The average molecular weight is 333 g/mol. The van der Waals surface area contributed by atoms with Crippen LogP contribution in [-0.2, 0) is 14.3 Å². The van der Waals surface area contributed by atoms with Gasteiger partial charge in [-0.15, -0.1) is 11.8 Å². The van der Waals surface area contributed by atoms with Crippen LogP contribution in [0.5, 0.6) is 0 Å². The number of methoxy groups -OCH3 is 1. The lowest BCUT2D eigenvalue weighted by Gasteiger charge is -2.35. The molecule has 1 fully saturated rings. The number of carbonyl (C=O) groups excluding carboxylic acids is 2. The second kappa shape index (κ2) is 7.21. The highest BCUT2D eigenvalue weighted by Gasteiger charge is 2.46. The van der Waals surface area contributed by atoms with E-state index in [9.17, 15) is 9.59 Å². The number of nitrogens with zero attached hydrogens (tertiary/aromatic N) is 1. The summed E-state index contributed by atoms with van der Waals surface area (Å²) in [6.45, 7) is 6.22. The fourth-order valence-corrected chi connectivity index (χ4v) is 4.15. The first kappa shape index (κ1) is 17.6. The lowest BCUT2D eigenvalue weighted by molar-refractivity contribution is -0.151. The Morgan fingerprint density at radius 1 is 1.26 bits per heavy atom. The summed E-state index contributed by atoms with van der Waals surface area (Å²) in [4.78, 5) is 26.4. The van der Waals surface area contributed by atoms with Crippen LogP contribution >= 0.6 is 11.8 Å². The van der Waals surface area contributed by atoms with Crippen LogP contribution in [0, 0.1) is 5.41 Å². The van der Waals surface area contributed by atoms with Crippen molar-refractivity contribution >= 4 is 29.7 Å². The van der Waals surface area contributed by atoms with Crippen LogP contribution in [0.2, 0.25) is 0 Å². The maximum absolute atomic E-state index is 12.7. The summed E-state index contributed by atoms with van der Waals surface area (Å²) in [6.07, 6.45) is 3.31. The van der Waals surface area contributed by atoms with Crippen LogP contribution < -0.4 is 0 Å². The van der Waals surface area contributed by atoms with Crippen molar-refractivity contribution in [2.75, 3.05) is 12.9 Å². The number of rotatable bonds is 3. The van der Waals surface area contributed by atoms with Gasteiger partial charge in [0.05, 0.1) is 12.5 Å². The fraction of sp³-hybridized carbons (Fsp3) is 0.444. The van der Waals surface area contributed by atoms with E-state index in [0.717, 1.165) is 5.56 Å². The minimum atomic E-state index is -0.526. The van der Waals surface area contributed by atoms with E-state index in [0.29, 0.717) is 5.75 Å². The normalized spacial score (nSPS) is 21.7. The summed E-state index contributed by atoms with van der Waals surface area (Å²) in [7, 11) is 1.36. The first-order chi connectivity index (χ1) is 10.8. The maximum Gasteiger partial charge on any atom is 0.329 e. The lowest BCUT2D eigenvalue weighted by atomic mass is 9.94. The molecular formula is C18H23NO3S. The summed E-state index contributed by atoms with van der Waals surface area (Å²) in [5, 5.41) is -0.0560. The fourth-order valence-electron chi connectivity index (χ4n) is 2.58. The van der Waals surface area contributed by atoms with Gasteiger partial charge in [-0.05, 0) is 17.1 Å². The van der Waals surface area contributed by atoms with Crippen LogP contribution in [0.25, 0.3) is 6.08 Å². The maximum atomic E-state index is 12.7. The van der Waals surface area contributed by atoms with Gasteiger partial charge in [0.25, 0.3) is 0 Å². The highest BCUT2D eigenvalue weighted by Crippen LogP contribution is 2.40. The van der Waals surface area contributed by atoms with Gasteiger partial charge in [0.2, 0.25) is 5.91 Å². The van der Waals surface area contributed by atoms with E-state index in [1.54, 1.807) is 22.7 Å². The highest BCUT2D eigenvalue weighted by molar-refractivity contribution is 8.00. The molecule has 0 N–H and O–H groups in total. The number of carbonyl (C=O) groups is 2. The van der Waals surface area contributed by atoms with Crippen molar-refractivity contribution in [2.24, 2.45) is 5.41 Å². The molecule has 1 heterocycles. The van der Waals surface area contributed by atoms with Crippen molar-refractivity contribution in [1.82, 2.24) is 4.90 Å². The van der Waals surface area contributed by atoms with Crippen LogP contribution in [0.1, 0.15) is 26.3 Å². The van der Waals surface area contributed by atoms with Gasteiger partial charge in [-0.1, -0.05) is 51.1 Å². The predicted molar refractivity (Wildman–Crippen MR) is 93.8 cm³/mol. The number of benzene rings is 1. The number of ether oxygens (including phenoxy) is 1. The molecule has 0 bridgehead atoms. The number of hydrogen-bond donors (Lipinski definition) is 0. The molecule has 0 saturated carbocycles. The molecule has 124 valence electrons. The molecule has 2 unspecified atom stereocenters. The highest BCUT2D eigenvalue weighted by atomic mass is 32.2. The Balaban J connectivity index is 2.24. The molecule has 1 aliphatic rings. The number of esters is 1. The van der Waals surface area contributed by atoms with E-state index in [1.807, 2.05) is 30.3 Å². The molecule has 0 radical (unpaired) electrons. The van der Waals surface area contributed by atoms with Gasteiger partial charge in [0.15, 0.2) is 0 Å². The minimum absolute atomic E-state index is 0.0560. The summed E-state index contributed by atoms with van der Waals surface area (Å²) >= 11 is 1.63. The Morgan fingerprint density at radius 3 is 2.48 bits per heavy atom. The minimum Gasteiger partial charge on any atom is -0.467 e. The Labute approximate surface area is 141 Å². The zero-order chi connectivity index (χ0) is 17.0. The molecule has 1 aliphatic heterocycles. The smallest absolute Gasteiger partial charge is 0.329 e. The lowest BCUT2D eigenvalue weighted by Crippen LogP contribution is -2.49. The van der Waals surface area contributed by atoms with Gasteiger partial charge in [-0.3, -0.25) is 4.79 Å². The summed E-state index contributed by atoms with van der Waals surface area (Å²) in [5.74, 6) is 0.0550. The van der Waals surface area contributed by atoms with Gasteiger partial charge in [0.1, 0.15) is 6.04 Å². The van der Waals surface area contributed by atoms with E-state index in [-0.39, 0.29) is 22.7 Å². The molecule has 2 atom stereocenters.